The van der Waals surface area contributed by atoms with Gasteiger partial charge < -0.3 is 10.3 Å². The van der Waals surface area contributed by atoms with E-state index in [1.807, 2.05) is 0 Å². The van der Waals surface area contributed by atoms with Gasteiger partial charge in [0, 0.05) is 18.8 Å². The molecule has 0 spiro atoms. The molecule has 0 aliphatic heterocycles. The highest BCUT2D eigenvalue weighted by atomic mass is 19.4. The van der Waals surface area contributed by atoms with Crippen molar-refractivity contribution in [2.24, 2.45) is 17.6 Å². The highest BCUT2D eigenvalue weighted by Crippen LogP contribution is 2.32. The van der Waals surface area contributed by atoms with E-state index in [9.17, 15) is 18.0 Å². The molecule has 2 N–H and O–H groups in total. The van der Waals surface area contributed by atoms with Crippen LogP contribution in [-0.2, 0) is 12.7 Å². The van der Waals surface area contributed by atoms with Gasteiger partial charge in [-0.15, -0.1) is 0 Å². The zero-order chi connectivity index (χ0) is 15.6. The van der Waals surface area contributed by atoms with Crippen LogP contribution in [0.15, 0.2) is 17.1 Å². The molecular weight excluding hydrogens is 281 g/mol. The van der Waals surface area contributed by atoms with Crippen LogP contribution in [0.2, 0.25) is 0 Å². The van der Waals surface area contributed by atoms with Crippen LogP contribution in [0.5, 0.6) is 0 Å². The molecule has 6 heteroatoms. The van der Waals surface area contributed by atoms with Crippen LogP contribution in [0.25, 0.3) is 0 Å². The van der Waals surface area contributed by atoms with Gasteiger partial charge >= 0.3 is 6.18 Å². The number of aryl methyl sites for hydroxylation is 1. The molecule has 3 nitrogen and oxygen atoms in total. The first kappa shape index (κ1) is 16.1. The molecule has 1 fully saturated rings. The lowest BCUT2D eigenvalue weighted by atomic mass is 9.82. The Bertz CT molecular complexity index is 543. The number of nitrogens with zero attached hydrogens (tertiary/aromatic N) is 1. The third kappa shape index (κ3) is 3.87. The Morgan fingerprint density at radius 2 is 1.81 bits per heavy atom. The van der Waals surface area contributed by atoms with Crippen LogP contribution in [0.3, 0.4) is 0 Å². The van der Waals surface area contributed by atoms with Crippen LogP contribution in [0, 0.1) is 18.8 Å². The number of hydrogen-bond acceptors (Lipinski definition) is 2. The fourth-order valence-electron chi connectivity index (χ4n) is 3.03. The summed E-state index contributed by atoms with van der Waals surface area (Å²) in [5, 5.41) is 0. The van der Waals surface area contributed by atoms with Gasteiger partial charge in [0.2, 0.25) is 0 Å². The SMILES string of the molecule is Cc1cc(=O)n(CC2CCC(CN)CC2)cc1C(F)(F)F. The first-order valence-corrected chi connectivity index (χ1v) is 7.29. The Labute approximate surface area is 122 Å². The predicted molar refractivity (Wildman–Crippen MR) is 74.9 cm³/mol. The molecule has 118 valence electrons. The lowest BCUT2D eigenvalue weighted by Crippen LogP contribution is -2.29. The average molecular weight is 302 g/mol. The summed E-state index contributed by atoms with van der Waals surface area (Å²) in [5.74, 6) is 0.774. The number of aromatic nitrogens is 1. The van der Waals surface area contributed by atoms with Gasteiger partial charge in [-0.3, -0.25) is 4.79 Å². The van der Waals surface area contributed by atoms with Crippen molar-refractivity contribution in [3.63, 3.8) is 0 Å². The molecule has 1 aliphatic carbocycles. The van der Waals surface area contributed by atoms with Crippen molar-refractivity contribution < 1.29 is 13.2 Å². The van der Waals surface area contributed by atoms with Crippen molar-refractivity contribution in [1.29, 1.82) is 0 Å². The molecule has 1 aromatic heterocycles. The number of rotatable bonds is 3. The van der Waals surface area contributed by atoms with E-state index in [0.717, 1.165) is 37.9 Å². The Morgan fingerprint density at radius 3 is 2.33 bits per heavy atom. The Morgan fingerprint density at radius 1 is 1.24 bits per heavy atom. The lowest BCUT2D eigenvalue weighted by molar-refractivity contribution is -0.138. The molecule has 1 saturated carbocycles. The fraction of sp³-hybridized carbons (Fsp3) is 0.667. The maximum absolute atomic E-state index is 12.9. The number of alkyl halides is 3. The van der Waals surface area contributed by atoms with E-state index in [-0.39, 0.29) is 17.0 Å². The quantitative estimate of drug-likeness (QED) is 0.933. The van der Waals surface area contributed by atoms with Gasteiger partial charge in [0.05, 0.1) is 5.56 Å². The van der Waals surface area contributed by atoms with E-state index in [0.29, 0.717) is 19.0 Å². The molecule has 0 atom stereocenters. The molecule has 0 saturated heterocycles. The van der Waals surface area contributed by atoms with Gasteiger partial charge in [-0.05, 0) is 56.6 Å². The fourth-order valence-corrected chi connectivity index (χ4v) is 3.03. The van der Waals surface area contributed by atoms with Gasteiger partial charge in [-0.2, -0.15) is 13.2 Å². The Kier molecular flexibility index (Phi) is 4.76. The number of nitrogens with two attached hydrogens (primary N) is 1. The van der Waals surface area contributed by atoms with Crippen molar-refractivity contribution in [2.75, 3.05) is 6.54 Å². The van der Waals surface area contributed by atoms with Gasteiger partial charge in [0.25, 0.3) is 5.56 Å². The normalized spacial score (nSPS) is 23.3. The summed E-state index contributed by atoms with van der Waals surface area (Å²) in [6.07, 6.45) is 0.373. The van der Waals surface area contributed by atoms with Gasteiger partial charge in [0.15, 0.2) is 0 Å². The van der Waals surface area contributed by atoms with Crippen LogP contribution < -0.4 is 11.3 Å². The maximum Gasteiger partial charge on any atom is 0.418 e. The molecule has 1 heterocycles. The van der Waals surface area contributed by atoms with E-state index < -0.39 is 11.7 Å². The average Bonchev–Trinajstić information content (AvgIpc) is 2.41. The minimum atomic E-state index is -4.42. The molecule has 0 unspecified atom stereocenters. The molecule has 1 aromatic rings. The van der Waals surface area contributed by atoms with Crippen LogP contribution in [0.1, 0.15) is 36.8 Å². The van der Waals surface area contributed by atoms with Crippen LogP contribution >= 0.6 is 0 Å². The summed E-state index contributed by atoms with van der Waals surface area (Å²) in [7, 11) is 0. The highest BCUT2D eigenvalue weighted by molar-refractivity contribution is 5.25. The number of halogens is 3. The molecule has 0 amide bonds. The first-order chi connectivity index (χ1) is 9.81. The molecule has 0 aromatic carbocycles. The van der Waals surface area contributed by atoms with Crippen molar-refractivity contribution in [3.05, 3.63) is 33.7 Å². The third-order valence-corrected chi connectivity index (χ3v) is 4.39. The molecule has 2 rings (SSSR count). The third-order valence-electron chi connectivity index (χ3n) is 4.39. The minimum absolute atomic E-state index is 0.0180. The molecule has 21 heavy (non-hydrogen) atoms. The van der Waals surface area contributed by atoms with E-state index in [4.69, 9.17) is 5.73 Å². The minimum Gasteiger partial charge on any atom is -0.330 e. The summed E-state index contributed by atoms with van der Waals surface area (Å²) in [4.78, 5) is 11.9. The molecule has 0 bridgehead atoms. The zero-order valence-electron chi connectivity index (χ0n) is 12.1. The predicted octanol–water partition coefficient (Wildman–Crippen LogP) is 2.94. The standard InChI is InChI=1S/C15H21F3N2O/c1-10-6-14(21)20(9-13(10)15(16,17)18)8-12-4-2-11(7-19)3-5-12/h6,9,11-12H,2-5,7-8,19H2,1H3. The molecule has 1 aliphatic rings. The Hall–Kier alpha value is -1.30. The number of hydrogen-bond donors (Lipinski definition) is 1. The zero-order valence-corrected chi connectivity index (χ0v) is 12.1. The second-order valence-corrected chi connectivity index (χ2v) is 5.98. The highest BCUT2D eigenvalue weighted by Gasteiger charge is 2.33. The summed E-state index contributed by atoms with van der Waals surface area (Å²) in [5.41, 5.74) is 4.53. The summed E-state index contributed by atoms with van der Waals surface area (Å²) in [6, 6.07) is 1.08. The van der Waals surface area contributed by atoms with Crippen molar-refractivity contribution in [3.8, 4) is 0 Å². The van der Waals surface area contributed by atoms with Crippen LogP contribution in [0.4, 0.5) is 13.2 Å². The van der Waals surface area contributed by atoms with Gasteiger partial charge in [-0.1, -0.05) is 0 Å². The smallest absolute Gasteiger partial charge is 0.330 e. The van der Waals surface area contributed by atoms with E-state index in [2.05, 4.69) is 0 Å². The van der Waals surface area contributed by atoms with Crippen LogP contribution in [-0.4, -0.2) is 11.1 Å². The Balaban J connectivity index is 2.15. The lowest BCUT2D eigenvalue weighted by Gasteiger charge is -2.28. The summed E-state index contributed by atoms with van der Waals surface area (Å²) >= 11 is 0. The van der Waals surface area contributed by atoms with Crippen molar-refractivity contribution in [1.82, 2.24) is 4.57 Å². The van der Waals surface area contributed by atoms with E-state index in [1.54, 1.807) is 0 Å². The van der Waals surface area contributed by atoms with Gasteiger partial charge in [-0.25, -0.2) is 0 Å². The second kappa shape index (κ2) is 6.22. The second-order valence-electron chi connectivity index (χ2n) is 5.98. The maximum atomic E-state index is 12.9. The summed E-state index contributed by atoms with van der Waals surface area (Å²) < 4.78 is 39.9. The molecule has 0 radical (unpaired) electrons. The number of pyridine rings is 1. The first-order valence-electron chi connectivity index (χ1n) is 7.29. The van der Waals surface area contributed by atoms with Gasteiger partial charge in [0.1, 0.15) is 0 Å². The topological polar surface area (TPSA) is 48.0 Å². The largest absolute Gasteiger partial charge is 0.418 e. The molecular formula is C15H21F3N2O. The monoisotopic (exact) mass is 302 g/mol. The van der Waals surface area contributed by atoms with Crippen molar-refractivity contribution >= 4 is 0 Å². The van der Waals surface area contributed by atoms with Crippen molar-refractivity contribution in [2.45, 2.75) is 45.3 Å². The van der Waals surface area contributed by atoms with E-state index in [1.165, 1.54) is 11.5 Å². The van der Waals surface area contributed by atoms with E-state index >= 15 is 0 Å². The summed E-state index contributed by atoms with van der Waals surface area (Å²) in [6.45, 7) is 2.34.